The molecule has 0 aliphatic carbocycles. The Balaban J connectivity index is 1.52. The Bertz CT molecular complexity index is 614. The lowest BCUT2D eigenvalue weighted by Gasteiger charge is -2.37. The molecule has 2 saturated heterocycles. The fourth-order valence-corrected chi connectivity index (χ4v) is 4.67. The summed E-state index contributed by atoms with van der Waals surface area (Å²) in [6.45, 7) is 9.69. The minimum Gasteiger partial charge on any atom is -0.379 e. The van der Waals surface area contributed by atoms with E-state index in [1.807, 2.05) is 22.4 Å². The van der Waals surface area contributed by atoms with Crippen LogP contribution in [0.15, 0.2) is 17.5 Å². The molecule has 150 valence electrons. The Morgan fingerprint density at radius 3 is 2.74 bits per heavy atom. The van der Waals surface area contributed by atoms with E-state index in [4.69, 9.17) is 4.74 Å². The molecule has 27 heavy (non-hydrogen) atoms. The van der Waals surface area contributed by atoms with Crippen LogP contribution in [0.1, 0.15) is 36.4 Å². The Hall–Kier alpha value is -1.44. The highest BCUT2D eigenvalue weighted by atomic mass is 32.1. The van der Waals surface area contributed by atoms with Crippen LogP contribution < -0.4 is 5.32 Å². The molecule has 2 aliphatic heterocycles. The van der Waals surface area contributed by atoms with E-state index in [0.29, 0.717) is 25.0 Å². The highest BCUT2D eigenvalue weighted by Crippen LogP contribution is 2.21. The van der Waals surface area contributed by atoms with Crippen molar-refractivity contribution < 1.29 is 14.3 Å². The molecular formula is C20H31N3O3S. The van der Waals surface area contributed by atoms with Crippen LogP contribution in [0.5, 0.6) is 0 Å². The second-order valence-corrected chi connectivity index (χ2v) is 8.72. The Labute approximate surface area is 165 Å². The van der Waals surface area contributed by atoms with Crippen LogP contribution in [-0.2, 0) is 9.53 Å². The fourth-order valence-electron chi connectivity index (χ4n) is 3.98. The summed E-state index contributed by atoms with van der Waals surface area (Å²) in [5.41, 5.74) is 0. The van der Waals surface area contributed by atoms with E-state index in [1.165, 1.54) is 11.3 Å². The smallest absolute Gasteiger partial charge is 0.263 e. The fraction of sp³-hybridized carbons (Fsp3) is 0.700. The third kappa shape index (κ3) is 5.30. The van der Waals surface area contributed by atoms with Gasteiger partial charge in [-0.15, -0.1) is 11.3 Å². The molecule has 3 heterocycles. The van der Waals surface area contributed by atoms with Crippen LogP contribution in [0.4, 0.5) is 0 Å². The van der Waals surface area contributed by atoms with Gasteiger partial charge >= 0.3 is 0 Å². The highest BCUT2D eigenvalue weighted by molar-refractivity contribution is 7.12. The lowest BCUT2D eigenvalue weighted by molar-refractivity contribution is -0.126. The molecule has 1 N–H and O–H groups in total. The molecule has 2 aliphatic rings. The van der Waals surface area contributed by atoms with Crippen LogP contribution in [0.3, 0.4) is 0 Å². The molecule has 1 aromatic heterocycles. The van der Waals surface area contributed by atoms with Crippen LogP contribution in [0.25, 0.3) is 0 Å². The van der Waals surface area contributed by atoms with Crippen molar-refractivity contribution in [2.45, 2.75) is 32.7 Å². The number of nitrogens with zero attached hydrogens (tertiary/aromatic N) is 2. The minimum absolute atomic E-state index is 0.0517. The molecule has 2 amide bonds. The van der Waals surface area contributed by atoms with Gasteiger partial charge in [0.25, 0.3) is 5.91 Å². The van der Waals surface area contributed by atoms with Crippen molar-refractivity contribution in [2.24, 2.45) is 11.8 Å². The Morgan fingerprint density at radius 2 is 2.07 bits per heavy atom. The van der Waals surface area contributed by atoms with E-state index in [2.05, 4.69) is 24.1 Å². The zero-order chi connectivity index (χ0) is 19.2. The number of morpholine rings is 1. The predicted octanol–water partition coefficient (Wildman–Crippen LogP) is 2.07. The van der Waals surface area contributed by atoms with Gasteiger partial charge in [0, 0.05) is 38.8 Å². The van der Waals surface area contributed by atoms with Crippen LogP contribution in [0, 0.1) is 11.8 Å². The number of amides is 2. The quantitative estimate of drug-likeness (QED) is 0.804. The van der Waals surface area contributed by atoms with Crippen molar-refractivity contribution in [3.63, 3.8) is 0 Å². The van der Waals surface area contributed by atoms with Crippen molar-refractivity contribution >= 4 is 23.2 Å². The van der Waals surface area contributed by atoms with E-state index in [0.717, 1.165) is 50.6 Å². The number of hydrogen-bond acceptors (Lipinski definition) is 5. The van der Waals surface area contributed by atoms with Gasteiger partial charge < -0.3 is 15.0 Å². The van der Waals surface area contributed by atoms with Gasteiger partial charge in [0.15, 0.2) is 0 Å². The van der Waals surface area contributed by atoms with Gasteiger partial charge in [-0.1, -0.05) is 19.9 Å². The first-order valence-corrected chi connectivity index (χ1v) is 10.9. The maximum absolute atomic E-state index is 12.8. The summed E-state index contributed by atoms with van der Waals surface area (Å²) >= 11 is 1.46. The molecule has 0 aromatic carbocycles. The molecule has 2 atom stereocenters. The van der Waals surface area contributed by atoms with Gasteiger partial charge in [0.2, 0.25) is 5.91 Å². The van der Waals surface area contributed by atoms with E-state index in [9.17, 15) is 9.59 Å². The largest absolute Gasteiger partial charge is 0.379 e. The van der Waals surface area contributed by atoms with Crippen molar-refractivity contribution in [2.75, 3.05) is 45.9 Å². The molecule has 3 rings (SSSR count). The van der Waals surface area contributed by atoms with Crippen LogP contribution >= 0.6 is 11.3 Å². The number of rotatable bonds is 6. The third-order valence-corrected chi connectivity index (χ3v) is 6.44. The van der Waals surface area contributed by atoms with Gasteiger partial charge in [0.05, 0.1) is 24.0 Å². The monoisotopic (exact) mass is 393 g/mol. The number of piperidine rings is 1. The Morgan fingerprint density at radius 1 is 1.30 bits per heavy atom. The molecule has 0 saturated carbocycles. The average molecular weight is 394 g/mol. The molecule has 6 nitrogen and oxygen atoms in total. The maximum atomic E-state index is 12.8. The number of carbonyl (C=O) groups is 2. The SMILES string of the molecule is CC(C)C(CNC(=O)C1CCCN(C(=O)c2cccs2)C1)N1CCOCC1. The Kier molecular flexibility index (Phi) is 7.26. The molecule has 0 radical (unpaired) electrons. The zero-order valence-electron chi connectivity index (χ0n) is 16.4. The average Bonchev–Trinajstić information content (AvgIpc) is 3.23. The van der Waals surface area contributed by atoms with Gasteiger partial charge in [-0.2, -0.15) is 0 Å². The molecular weight excluding hydrogens is 362 g/mol. The number of ether oxygens (including phenoxy) is 1. The van der Waals surface area contributed by atoms with Crippen molar-refractivity contribution in [3.05, 3.63) is 22.4 Å². The van der Waals surface area contributed by atoms with Crippen molar-refractivity contribution in [1.29, 1.82) is 0 Å². The normalized spacial score (nSPS) is 22.6. The minimum atomic E-state index is -0.111. The summed E-state index contributed by atoms with van der Waals surface area (Å²) < 4.78 is 5.45. The van der Waals surface area contributed by atoms with E-state index >= 15 is 0 Å². The summed E-state index contributed by atoms with van der Waals surface area (Å²) in [6.07, 6.45) is 1.73. The first-order valence-electron chi connectivity index (χ1n) is 9.98. The van der Waals surface area contributed by atoms with Crippen LogP contribution in [-0.4, -0.2) is 73.6 Å². The van der Waals surface area contributed by atoms with Crippen molar-refractivity contribution in [1.82, 2.24) is 15.1 Å². The standard InChI is InChI=1S/C20H31N3O3S/c1-15(2)17(22-8-10-26-11-9-22)13-21-19(24)16-5-3-7-23(14-16)20(25)18-6-4-12-27-18/h4,6,12,15-17H,3,5,7-11,13-14H2,1-2H3,(H,21,24). The molecule has 7 heteroatoms. The number of thiophene rings is 1. The summed E-state index contributed by atoms with van der Waals surface area (Å²) in [7, 11) is 0. The second-order valence-electron chi connectivity index (χ2n) is 7.77. The zero-order valence-corrected chi connectivity index (χ0v) is 17.2. The first kappa shape index (κ1) is 20.3. The first-order chi connectivity index (χ1) is 13.1. The lowest BCUT2D eigenvalue weighted by atomic mass is 9.96. The topological polar surface area (TPSA) is 61.9 Å². The molecule has 1 aromatic rings. The van der Waals surface area contributed by atoms with E-state index < -0.39 is 0 Å². The highest BCUT2D eigenvalue weighted by Gasteiger charge is 2.30. The summed E-state index contributed by atoms with van der Waals surface area (Å²) in [6, 6.07) is 4.07. The number of carbonyl (C=O) groups excluding carboxylic acids is 2. The van der Waals surface area contributed by atoms with Crippen molar-refractivity contribution in [3.8, 4) is 0 Å². The van der Waals surface area contributed by atoms with Gasteiger partial charge in [0.1, 0.15) is 0 Å². The van der Waals surface area contributed by atoms with E-state index in [-0.39, 0.29) is 17.7 Å². The van der Waals surface area contributed by atoms with Gasteiger partial charge in [-0.3, -0.25) is 14.5 Å². The molecule has 2 unspecified atom stereocenters. The summed E-state index contributed by atoms with van der Waals surface area (Å²) in [5.74, 6) is 0.486. The van der Waals surface area contributed by atoms with E-state index in [1.54, 1.807) is 0 Å². The lowest BCUT2D eigenvalue weighted by Crippen LogP contribution is -2.52. The van der Waals surface area contributed by atoms with Gasteiger partial charge in [-0.05, 0) is 30.2 Å². The third-order valence-electron chi connectivity index (χ3n) is 5.58. The number of likely N-dealkylation sites (tertiary alicyclic amines) is 1. The molecule has 2 fully saturated rings. The molecule has 0 spiro atoms. The number of nitrogens with one attached hydrogen (secondary N) is 1. The second kappa shape index (κ2) is 9.66. The summed E-state index contributed by atoms with van der Waals surface area (Å²) in [4.78, 5) is 30.4. The van der Waals surface area contributed by atoms with Crippen LogP contribution in [0.2, 0.25) is 0 Å². The summed E-state index contributed by atoms with van der Waals surface area (Å²) in [5, 5.41) is 5.08. The number of hydrogen-bond donors (Lipinski definition) is 1. The predicted molar refractivity (Wildman–Crippen MR) is 107 cm³/mol. The molecule has 0 bridgehead atoms. The maximum Gasteiger partial charge on any atom is 0.263 e. The van der Waals surface area contributed by atoms with Gasteiger partial charge in [-0.25, -0.2) is 0 Å².